The summed E-state index contributed by atoms with van der Waals surface area (Å²) in [6.45, 7) is 3.92. The van der Waals surface area contributed by atoms with Gasteiger partial charge < -0.3 is 39.9 Å². The number of carbonyl (C=O) groups is 2. The number of aromatic hydroxyl groups is 5. The summed E-state index contributed by atoms with van der Waals surface area (Å²) in [5.41, 5.74) is -0.419. The van der Waals surface area contributed by atoms with Crippen molar-refractivity contribution in [1.82, 2.24) is 9.47 Å². The highest BCUT2D eigenvalue weighted by Crippen LogP contribution is 2.52. The minimum atomic E-state index is -1.32. The topological polar surface area (TPSA) is 162 Å². The van der Waals surface area contributed by atoms with Crippen molar-refractivity contribution in [2.24, 2.45) is 0 Å². The predicted octanol–water partition coefficient (Wildman–Crippen LogP) is 6.96. The minimum absolute atomic E-state index is 0.0414. The number of phenols is 4. The highest BCUT2D eigenvalue weighted by Gasteiger charge is 2.32. The monoisotopic (exact) mass is 618 g/mol. The molecule has 1 heterocycles. The molecule has 11 nitrogen and oxygen atoms in total. The Morgan fingerprint density at radius 1 is 0.795 bits per heavy atom. The number of rotatable bonds is 19. The van der Waals surface area contributed by atoms with Crippen molar-refractivity contribution in [3.05, 3.63) is 29.9 Å². The number of esters is 1. The van der Waals surface area contributed by atoms with E-state index in [1.165, 1.54) is 26.2 Å². The van der Waals surface area contributed by atoms with Crippen molar-refractivity contribution in [2.45, 2.75) is 104 Å². The molecule has 2 aromatic rings. The lowest BCUT2D eigenvalue weighted by molar-refractivity contribution is -0.164. The molecule has 44 heavy (non-hydrogen) atoms. The lowest BCUT2D eigenvalue weighted by Gasteiger charge is -2.15. The third kappa shape index (κ3) is 10.7. The highest BCUT2D eigenvalue weighted by molar-refractivity contribution is 6.04. The fourth-order valence-electron chi connectivity index (χ4n) is 4.84. The number of allylic oxidation sites excluding steroid dienone is 4. The van der Waals surface area contributed by atoms with Gasteiger partial charge in [0, 0.05) is 25.5 Å². The summed E-state index contributed by atoms with van der Waals surface area (Å²) in [5, 5.41) is 51.7. The maximum atomic E-state index is 13.0. The summed E-state index contributed by atoms with van der Waals surface area (Å²) in [6.07, 6.45) is 18.2. The number of phenolic OH excluding ortho intramolecular Hbond substituents is 4. The number of aromatic nitrogens is 1. The van der Waals surface area contributed by atoms with E-state index in [1.807, 2.05) is 0 Å². The first-order valence-electron chi connectivity index (χ1n) is 15.6. The van der Waals surface area contributed by atoms with Gasteiger partial charge in [0.05, 0.1) is 5.39 Å². The Bertz CT molecular complexity index is 1280. The highest BCUT2D eigenvalue weighted by atomic mass is 16.7. The normalized spacial score (nSPS) is 12.6. The molecule has 0 spiro atoms. The first kappa shape index (κ1) is 36.3. The van der Waals surface area contributed by atoms with Crippen molar-refractivity contribution < 1.29 is 44.6 Å². The summed E-state index contributed by atoms with van der Waals surface area (Å²) in [6, 6.07) is 0. The summed E-state index contributed by atoms with van der Waals surface area (Å²) >= 11 is 0. The molecule has 0 aliphatic heterocycles. The molecule has 0 bridgehead atoms. The fourth-order valence-corrected chi connectivity index (χ4v) is 4.84. The molecule has 11 heteroatoms. The first-order chi connectivity index (χ1) is 21.0. The van der Waals surface area contributed by atoms with Gasteiger partial charge in [-0.15, -0.1) is 0 Å². The Hall–Kier alpha value is -3.86. The van der Waals surface area contributed by atoms with Crippen LogP contribution in [0.15, 0.2) is 24.3 Å². The van der Waals surface area contributed by atoms with Crippen LogP contribution in [0, 0.1) is 0 Å². The number of unbranched alkanes of at least 4 members (excludes halogenated alkanes) is 8. The minimum Gasteiger partial charge on any atom is -0.504 e. The average molecular weight is 619 g/mol. The van der Waals surface area contributed by atoms with E-state index in [0.717, 1.165) is 44.9 Å². The fraction of sp³-hybridized carbons (Fsp3) is 0.576. The second-order valence-electron chi connectivity index (χ2n) is 11.2. The van der Waals surface area contributed by atoms with Gasteiger partial charge in [0.2, 0.25) is 23.7 Å². The van der Waals surface area contributed by atoms with Crippen molar-refractivity contribution in [3.63, 3.8) is 0 Å². The van der Waals surface area contributed by atoms with Crippen LogP contribution in [-0.2, 0) is 20.7 Å². The van der Waals surface area contributed by atoms with Crippen LogP contribution in [0.5, 0.6) is 28.9 Å². The second kappa shape index (κ2) is 18.7. The van der Waals surface area contributed by atoms with E-state index in [9.17, 15) is 35.1 Å². The third-order valence-corrected chi connectivity index (χ3v) is 7.27. The van der Waals surface area contributed by atoms with E-state index < -0.39 is 52.7 Å². The van der Waals surface area contributed by atoms with Gasteiger partial charge in [-0.05, 0) is 59.0 Å². The van der Waals surface area contributed by atoms with Gasteiger partial charge in [-0.1, -0.05) is 63.3 Å². The van der Waals surface area contributed by atoms with Crippen molar-refractivity contribution in [1.29, 1.82) is 0 Å². The number of hydrogen-bond acceptors (Lipinski definition) is 10. The molecule has 2 rings (SSSR count). The molecule has 0 aliphatic rings. The zero-order chi connectivity index (χ0) is 32.6. The van der Waals surface area contributed by atoms with E-state index in [2.05, 4.69) is 31.2 Å². The molecule has 1 unspecified atom stereocenters. The first-order valence-corrected chi connectivity index (χ1v) is 15.6. The van der Waals surface area contributed by atoms with E-state index in [4.69, 9.17) is 9.47 Å². The number of carbonyl (C=O) groups excluding carboxylic acids is 2. The van der Waals surface area contributed by atoms with Gasteiger partial charge >= 0.3 is 12.1 Å². The largest absolute Gasteiger partial charge is 0.504 e. The number of nitrogens with zero attached hydrogens (tertiary/aromatic N) is 2. The molecule has 0 aliphatic carbocycles. The lowest BCUT2D eigenvalue weighted by atomic mass is 10.1. The van der Waals surface area contributed by atoms with Crippen LogP contribution in [0.3, 0.4) is 0 Å². The molecule has 0 fully saturated rings. The zero-order valence-corrected chi connectivity index (χ0v) is 26.5. The van der Waals surface area contributed by atoms with Crippen molar-refractivity contribution >= 4 is 23.0 Å². The predicted molar refractivity (Wildman–Crippen MR) is 169 cm³/mol. The van der Waals surface area contributed by atoms with E-state index in [-0.39, 0.29) is 23.8 Å². The number of hydrogen-bond donors (Lipinski definition) is 5. The molecule has 0 amide bonds. The number of ether oxygens (including phenoxy) is 2. The van der Waals surface area contributed by atoms with Crippen LogP contribution >= 0.6 is 0 Å². The molecule has 5 N–H and O–H groups in total. The third-order valence-electron chi connectivity index (χ3n) is 7.27. The van der Waals surface area contributed by atoms with Gasteiger partial charge in [-0.2, -0.15) is 0 Å². The van der Waals surface area contributed by atoms with Crippen LogP contribution in [0.4, 0.5) is 4.79 Å². The molecule has 1 aromatic carbocycles. The maximum absolute atomic E-state index is 13.0. The van der Waals surface area contributed by atoms with Gasteiger partial charge in [0.25, 0.3) is 0 Å². The van der Waals surface area contributed by atoms with Crippen molar-refractivity contribution in [2.75, 3.05) is 20.6 Å². The van der Waals surface area contributed by atoms with Gasteiger partial charge in [-0.25, -0.2) is 9.36 Å². The molecular weight excluding hydrogens is 568 g/mol. The Morgan fingerprint density at radius 3 is 2.02 bits per heavy atom. The smallest absolute Gasteiger partial charge is 0.424 e. The number of fused-ring (bicyclic) bond motifs is 1. The van der Waals surface area contributed by atoms with Crippen LogP contribution in [0.25, 0.3) is 10.9 Å². The Balaban J connectivity index is 1.82. The number of likely N-dealkylation sites (N-methyl/N-ethyl adjacent to an activating group) is 1. The Labute approximate surface area is 260 Å². The van der Waals surface area contributed by atoms with Gasteiger partial charge in [0.1, 0.15) is 5.52 Å². The lowest BCUT2D eigenvalue weighted by Crippen LogP contribution is -2.24. The Kier molecular flexibility index (Phi) is 15.5. The molecule has 1 atom stereocenters. The average Bonchev–Trinajstić information content (AvgIpc) is 3.27. The molecule has 246 valence electrons. The van der Waals surface area contributed by atoms with Crippen molar-refractivity contribution in [3.8, 4) is 28.9 Å². The molecule has 0 radical (unpaired) electrons. The van der Waals surface area contributed by atoms with Crippen LogP contribution in [0.1, 0.15) is 96.5 Å². The van der Waals surface area contributed by atoms with Gasteiger partial charge in [-0.3, -0.25) is 4.79 Å². The van der Waals surface area contributed by atoms with E-state index in [0.29, 0.717) is 17.5 Å². The van der Waals surface area contributed by atoms with Crippen LogP contribution in [-0.4, -0.2) is 74.0 Å². The maximum Gasteiger partial charge on any atom is 0.424 e. The van der Waals surface area contributed by atoms with Crippen LogP contribution < -0.4 is 0 Å². The molecular formula is C33H50N2O9. The van der Waals surface area contributed by atoms with E-state index in [1.54, 1.807) is 19.0 Å². The second-order valence-corrected chi connectivity index (χ2v) is 11.2. The molecule has 0 saturated heterocycles. The standard InChI is InChI=1S/C33H50N2O9/c1-5-6-7-8-9-10-11-12-13-14-15-16-17-18-19-20-25(36)43-23(2)44-33(42)35-27-26(24(32(35)41)21-22-34(3)4)28(37)30(39)31(40)29(27)38/h9-10,12-13,23,37-41H,5-8,11,14-22H2,1-4H3/b10-9-,13-12-. The summed E-state index contributed by atoms with van der Waals surface area (Å²) in [5.74, 6) is -5.04. The van der Waals surface area contributed by atoms with Gasteiger partial charge in [0.15, 0.2) is 11.5 Å². The number of benzene rings is 1. The summed E-state index contributed by atoms with van der Waals surface area (Å²) in [7, 11) is 3.55. The summed E-state index contributed by atoms with van der Waals surface area (Å²) < 4.78 is 10.9. The Morgan fingerprint density at radius 2 is 1.39 bits per heavy atom. The SMILES string of the molecule is CCCCC/C=C\C/C=C\CCCCCCCC(=O)OC(C)OC(=O)n1c(O)c(CCN(C)C)c2c(O)c(O)c(O)c(O)c21. The zero-order valence-electron chi connectivity index (χ0n) is 26.5. The van der Waals surface area contributed by atoms with Crippen LogP contribution in [0.2, 0.25) is 0 Å². The molecule has 1 aromatic heterocycles. The summed E-state index contributed by atoms with van der Waals surface area (Å²) in [4.78, 5) is 27.1. The van der Waals surface area contributed by atoms with E-state index >= 15 is 0 Å². The molecule has 0 saturated carbocycles. The quantitative estimate of drug-likeness (QED) is 0.0278.